The molecule has 0 aliphatic heterocycles. The van der Waals surface area contributed by atoms with Crippen LogP contribution in [0.4, 0.5) is 0 Å². The van der Waals surface area contributed by atoms with Crippen LogP contribution in [0.25, 0.3) is 93.5 Å². The van der Waals surface area contributed by atoms with E-state index in [9.17, 15) is 0 Å². The first kappa shape index (κ1) is 24.8. The molecule has 0 aliphatic rings. The fraction of sp³-hybridized carbons (Fsp3) is 0. The third-order valence-corrected chi connectivity index (χ3v) is 9.80. The van der Waals surface area contributed by atoms with Crippen LogP contribution < -0.4 is 0 Å². The fourth-order valence-electron chi connectivity index (χ4n) is 8.04. The Labute approximate surface area is 268 Å². The highest BCUT2D eigenvalue weighted by Gasteiger charge is 2.28. The largest absolute Gasteiger partial charge is 0.307 e. The summed E-state index contributed by atoms with van der Waals surface area (Å²) in [5.41, 5.74) is 11.9. The number of nitrogens with zero attached hydrogens (tertiary/aromatic N) is 5. The van der Waals surface area contributed by atoms with E-state index in [1.807, 2.05) is 12.3 Å². The van der Waals surface area contributed by atoms with Crippen molar-refractivity contribution >= 4 is 82.1 Å². The van der Waals surface area contributed by atoms with E-state index < -0.39 is 0 Å². The third kappa shape index (κ3) is 3.12. The lowest BCUT2D eigenvalue weighted by atomic mass is 9.98. The van der Waals surface area contributed by atoms with Crippen LogP contribution in [0.5, 0.6) is 0 Å². The van der Waals surface area contributed by atoms with E-state index in [-0.39, 0.29) is 0 Å². The Kier molecular flexibility index (Phi) is 4.78. The number of aromatic nitrogens is 5. The predicted octanol–water partition coefficient (Wildman–Crippen LogP) is 10.4. The Morgan fingerprint density at radius 1 is 0.404 bits per heavy atom. The van der Waals surface area contributed by atoms with Gasteiger partial charge < -0.3 is 9.13 Å². The highest BCUT2D eigenvalue weighted by Crippen LogP contribution is 2.49. The van der Waals surface area contributed by atoms with Crippen LogP contribution in [0.3, 0.4) is 0 Å². The Balaban J connectivity index is 1.59. The summed E-state index contributed by atoms with van der Waals surface area (Å²) < 4.78 is 7.22. The average molecular weight is 600 g/mol. The molecule has 0 aliphatic carbocycles. The molecule has 11 aromatic rings. The maximum atomic E-state index is 5.40. The second-order valence-electron chi connectivity index (χ2n) is 12.2. The van der Waals surface area contributed by atoms with E-state index in [2.05, 4.69) is 153 Å². The van der Waals surface area contributed by atoms with E-state index in [4.69, 9.17) is 9.97 Å². The first-order chi connectivity index (χ1) is 23.4. The van der Waals surface area contributed by atoms with Crippen molar-refractivity contribution in [3.05, 3.63) is 152 Å². The quantitative estimate of drug-likeness (QED) is 0.186. The molecule has 47 heavy (non-hydrogen) atoms. The fourth-order valence-corrected chi connectivity index (χ4v) is 8.04. The molecular formula is C42H25N5. The molecular weight excluding hydrogens is 574 g/mol. The van der Waals surface area contributed by atoms with Crippen molar-refractivity contribution in [2.24, 2.45) is 0 Å². The van der Waals surface area contributed by atoms with Crippen molar-refractivity contribution in [2.45, 2.75) is 0 Å². The van der Waals surface area contributed by atoms with Gasteiger partial charge in [0.25, 0.3) is 0 Å². The number of fused-ring (bicyclic) bond motifs is 17. The van der Waals surface area contributed by atoms with Crippen molar-refractivity contribution in [3.8, 4) is 11.4 Å². The number of rotatable bonds is 2. The zero-order chi connectivity index (χ0) is 30.6. The van der Waals surface area contributed by atoms with E-state index in [0.29, 0.717) is 0 Å². The lowest BCUT2D eigenvalue weighted by molar-refractivity contribution is 1.15. The topological polar surface area (TPSA) is 40.1 Å². The molecule has 5 aromatic heterocycles. The summed E-state index contributed by atoms with van der Waals surface area (Å²) in [6, 6.07) is 51.7. The highest BCUT2D eigenvalue weighted by molar-refractivity contribution is 6.42. The monoisotopic (exact) mass is 599 g/mol. The Hall–Kier alpha value is -6.46. The number of benzene rings is 6. The van der Waals surface area contributed by atoms with Gasteiger partial charge in [0.2, 0.25) is 0 Å². The standard InChI is InChI=1S/C42H25N5/c1-3-14-26(15-4-1)45-31-21-10-7-18-28(31)35-37-38(42-44-30-20-9-12-23-33(30)47(42)34-24-13-25-43-39(34)37)36-29-19-8-11-22-32(29)46(41(36)40(35)45)27-16-5-2-6-17-27/h1-25H. The molecule has 0 unspecified atom stereocenters. The lowest BCUT2D eigenvalue weighted by Gasteiger charge is -2.15. The van der Waals surface area contributed by atoms with Crippen LogP contribution in [0.1, 0.15) is 0 Å². The summed E-state index contributed by atoms with van der Waals surface area (Å²) >= 11 is 0. The molecule has 218 valence electrons. The van der Waals surface area contributed by atoms with Crippen molar-refractivity contribution < 1.29 is 0 Å². The minimum absolute atomic E-state index is 0.945. The number of pyridine rings is 2. The van der Waals surface area contributed by atoms with Gasteiger partial charge in [-0.2, -0.15) is 0 Å². The minimum Gasteiger partial charge on any atom is -0.307 e. The predicted molar refractivity (Wildman–Crippen MR) is 194 cm³/mol. The molecule has 11 rings (SSSR count). The molecule has 0 bridgehead atoms. The van der Waals surface area contributed by atoms with Gasteiger partial charge in [0.1, 0.15) is 5.65 Å². The van der Waals surface area contributed by atoms with Crippen molar-refractivity contribution in [1.82, 2.24) is 23.5 Å². The average Bonchev–Trinajstić information content (AvgIpc) is 3.81. The Morgan fingerprint density at radius 2 is 0.915 bits per heavy atom. The van der Waals surface area contributed by atoms with E-state index in [0.717, 1.165) is 71.9 Å². The third-order valence-electron chi connectivity index (χ3n) is 9.80. The molecule has 0 saturated heterocycles. The summed E-state index contributed by atoms with van der Waals surface area (Å²) in [5.74, 6) is 0. The van der Waals surface area contributed by atoms with Crippen molar-refractivity contribution in [2.75, 3.05) is 0 Å². The first-order valence-electron chi connectivity index (χ1n) is 16.0. The van der Waals surface area contributed by atoms with Crippen LogP contribution in [0.15, 0.2) is 152 Å². The summed E-state index contributed by atoms with van der Waals surface area (Å²) in [4.78, 5) is 10.6. The van der Waals surface area contributed by atoms with Crippen molar-refractivity contribution in [3.63, 3.8) is 0 Å². The highest BCUT2D eigenvalue weighted by atomic mass is 15.1. The molecule has 0 fully saturated rings. The zero-order valence-corrected chi connectivity index (χ0v) is 25.2. The molecule has 0 radical (unpaired) electrons. The van der Waals surface area contributed by atoms with E-state index in [1.165, 1.54) is 21.5 Å². The number of hydrogen-bond donors (Lipinski definition) is 0. The summed E-state index contributed by atoms with van der Waals surface area (Å²) in [6.45, 7) is 0. The number of para-hydroxylation sites is 6. The summed E-state index contributed by atoms with van der Waals surface area (Å²) in [7, 11) is 0. The molecule has 5 heteroatoms. The molecule has 0 spiro atoms. The van der Waals surface area contributed by atoms with Gasteiger partial charge in [0, 0.05) is 49.9 Å². The molecule has 0 atom stereocenters. The van der Waals surface area contributed by atoms with Crippen molar-refractivity contribution in [1.29, 1.82) is 0 Å². The van der Waals surface area contributed by atoms with Gasteiger partial charge in [-0.05, 0) is 60.7 Å². The molecule has 5 nitrogen and oxygen atoms in total. The second-order valence-corrected chi connectivity index (χ2v) is 12.2. The first-order valence-corrected chi connectivity index (χ1v) is 16.0. The van der Waals surface area contributed by atoms with Gasteiger partial charge in [0.05, 0.1) is 44.1 Å². The molecule has 6 aromatic carbocycles. The smallest absolute Gasteiger partial charge is 0.147 e. The zero-order valence-electron chi connectivity index (χ0n) is 25.2. The van der Waals surface area contributed by atoms with Crippen LogP contribution in [0, 0.1) is 0 Å². The van der Waals surface area contributed by atoms with Gasteiger partial charge in [-0.15, -0.1) is 0 Å². The van der Waals surface area contributed by atoms with Gasteiger partial charge in [0.15, 0.2) is 0 Å². The minimum atomic E-state index is 0.945. The molecule has 5 heterocycles. The molecule has 0 saturated carbocycles. The summed E-state index contributed by atoms with van der Waals surface area (Å²) in [6.07, 6.45) is 1.92. The summed E-state index contributed by atoms with van der Waals surface area (Å²) in [5, 5.41) is 7.00. The lowest BCUT2D eigenvalue weighted by Crippen LogP contribution is -2.00. The number of imidazole rings is 1. The SMILES string of the molecule is c1ccc(-n2c3ccccc3c3c4c5ncccc5n5c6ccccc6nc5c4c4c5ccccc5n(-c5ccccc5)c4c32)cc1. The van der Waals surface area contributed by atoms with Gasteiger partial charge in [-0.1, -0.05) is 84.9 Å². The Bertz CT molecular complexity index is 3060. The van der Waals surface area contributed by atoms with Crippen LogP contribution in [-0.2, 0) is 0 Å². The van der Waals surface area contributed by atoms with E-state index in [1.54, 1.807) is 0 Å². The van der Waals surface area contributed by atoms with Crippen LogP contribution >= 0.6 is 0 Å². The van der Waals surface area contributed by atoms with Crippen LogP contribution in [0.2, 0.25) is 0 Å². The van der Waals surface area contributed by atoms with E-state index >= 15 is 0 Å². The number of hydrogen-bond acceptors (Lipinski definition) is 2. The maximum Gasteiger partial charge on any atom is 0.147 e. The maximum absolute atomic E-state index is 5.40. The second kappa shape index (κ2) is 9.05. The van der Waals surface area contributed by atoms with Gasteiger partial charge in [-0.3, -0.25) is 9.38 Å². The molecule has 0 amide bonds. The molecule has 0 N–H and O–H groups in total. The van der Waals surface area contributed by atoms with Gasteiger partial charge in [-0.25, -0.2) is 4.98 Å². The van der Waals surface area contributed by atoms with Gasteiger partial charge >= 0.3 is 0 Å². The Morgan fingerprint density at radius 3 is 1.55 bits per heavy atom. The normalized spacial score (nSPS) is 12.3. The van der Waals surface area contributed by atoms with Crippen LogP contribution in [-0.4, -0.2) is 23.5 Å².